The number of anilines is 1. The summed E-state index contributed by atoms with van der Waals surface area (Å²) in [6.45, 7) is 9.99. The van der Waals surface area contributed by atoms with Crippen LogP contribution in [0.1, 0.15) is 40.5 Å². The molecule has 0 atom stereocenters. The molecular weight excluding hydrogens is 283 g/mol. The van der Waals surface area contributed by atoms with E-state index in [2.05, 4.69) is 38.0 Å². The molecule has 1 aromatic rings. The van der Waals surface area contributed by atoms with E-state index in [0.717, 1.165) is 19.4 Å². The first-order chi connectivity index (χ1) is 8.83. The molecule has 0 unspecified atom stereocenters. The molecule has 1 rings (SSSR count). The topological polar surface area (TPSA) is 34.2 Å². The van der Waals surface area contributed by atoms with Crippen LogP contribution in [-0.4, -0.2) is 18.1 Å². The smallest absolute Gasteiger partial charge is 0.234 e. The van der Waals surface area contributed by atoms with Crippen molar-refractivity contribution in [2.24, 2.45) is 5.41 Å². The Kier molecular flexibility index (Phi) is 6.21. The highest BCUT2D eigenvalue weighted by atomic mass is 35.5. The summed E-state index contributed by atoms with van der Waals surface area (Å²) in [5.41, 5.74) is 0.224. The molecule has 0 saturated heterocycles. The molecule has 0 radical (unpaired) electrons. The predicted molar refractivity (Wildman–Crippen MR) is 82.6 cm³/mol. The highest BCUT2D eigenvalue weighted by Gasteiger charge is 2.13. The van der Waals surface area contributed by atoms with Gasteiger partial charge in [0.25, 0.3) is 0 Å². The average molecular weight is 305 g/mol. The molecule has 0 amide bonds. The summed E-state index contributed by atoms with van der Waals surface area (Å²) >= 11 is 12.2. The summed E-state index contributed by atoms with van der Waals surface area (Å²) in [5, 5.41) is 4.12. The van der Waals surface area contributed by atoms with E-state index in [-0.39, 0.29) is 5.41 Å². The fourth-order valence-electron chi connectivity index (χ4n) is 1.37. The van der Waals surface area contributed by atoms with E-state index < -0.39 is 0 Å². The van der Waals surface area contributed by atoms with Gasteiger partial charge in [0.2, 0.25) is 5.88 Å². The third-order valence-electron chi connectivity index (χ3n) is 2.53. The Balaban J connectivity index is 2.71. The summed E-state index contributed by atoms with van der Waals surface area (Å²) in [7, 11) is 0. The molecule has 19 heavy (non-hydrogen) atoms. The minimum atomic E-state index is 0.224. The lowest BCUT2D eigenvalue weighted by atomic mass is 9.93. The summed E-state index contributed by atoms with van der Waals surface area (Å²) < 4.78 is 5.65. The van der Waals surface area contributed by atoms with Crippen LogP contribution in [0.15, 0.2) is 6.07 Å². The SMILES string of the molecule is CCCNc1nc(OCCC(C)(C)C)c(Cl)cc1Cl. The third kappa shape index (κ3) is 5.87. The van der Waals surface area contributed by atoms with Crippen LogP contribution in [0.3, 0.4) is 0 Å². The van der Waals surface area contributed by atoms with E-state index in [1.807, 2.05) is 0 Å². The molecule has 0 aliphatic heterocycles. The van der Waals surface area contributed by atoms with Gasteiger partial charge < -0.3 is 10.1 Å². The highest BCUT2D eigenvalue weighted by Crippen LogP contribution is 2.31. The van der Waals surface area contributed by atoms with Crippen molar-refractivity contribution in [1.82, 2.24) is 4.98 Å². The van der Waals surface area contributed by atoms with Crippen molar-refractivity contribution in [3.05, 3.63) is 16.1 Å². The van der Waals surface area contributed by atoms with Crippen LogP contribution in [0.2, 0.25) is 10.0 Å². The van der Waals surface area contributed by atoms with Crippen LogP contribution in [0.4, 0.5) is 5.82 Å². The van der Waals surface area contributed by atoms with E-state index in [1.54, 1.807) is 6.07 Å². The first-order valence-electron chi connectivity index (χ1n) is 6.56. The second kappa shape index (κ2) is 7.20. The molecule has 0 spiro atoms. The van der Waals surface area contributed by atoms with Crippen LogP contribution in [0, 0.1) is 5.41 Å². The molecule has 0 aromatic carbocycles. The van der Waals surface area contributed by atoms with Crippen LogP contribution in [0.25, 0.3) is 0 Å². The zero-order valence-electron chi connectivity index (χ0n) is 12.0. The molecule has 1 N–H and O–H groups in total. The number of nitrogens with zero attached hydrogens (tertiary/aromatic N) is 1. The predicted octanol–water partition coefficient (Wildman–Crippen LogP) is 5.03. The second-order valence-corrected chi connectivity index (χ2v) is 6.51. The maximum absolute atomic E-state index is 6.09. The summed E-state index contributed by atoms with van der Waals surface area (Å²) in [6, 6.07) is 1.67. The van der Waals surface area contributed by atoms with Crippen molar-refractivity contribution in [2.45, 2.75) is 40.5 Å². The van der Waals surface area contributed by atoms with Gasteiger partial charge in [0.1, 0.15) is 10.8 Å². The number of hydrogen-bond donors (Lipinski definition) is 1. The molecule has 0 saturated carbocycles. The number of nitrogens with one attached hydrogen (secondary N) is 1. The number of aromatic nitrogens is 1. The Bertz CT molecular complexity index is 417. The van der Waals surface area contributed by atoms with Crippen LogP contribution < -0.4 is 10.1 Å². The molecule has 0 aliphatic carbocycles. The van der Waals surface area contributed by atoms with Gasteiger partial charge in [0, 0.05) is 6.54 Å². The third-order valence-corrected chi connectivity index (χ3v) is 3.09. The molecule has 1 heterocycles. The van der Waals surface area contributed by atoms with Crippen molar-refractivity contribution in [1.29, 1.82) is 0 Å². The Hall–Kier alpha value is -0.670. The molecule has 108 valence electrons. The summed E-state index contributed by atoms with van der Waals surface area (Å²) in [6.07, 6.45) is 1.94. The minimum absolute atomic E-state index is 0.224. The van der Waals surface area contributed by atoms with E-state index in [0.29, 0.717) is 28.3 Å². The number of halogens is 2. The van der Waals surface area contributed by atoms with E-state index in [4.69, 9.17) is 27.9 Å². The second-order valence-electron chi connectivity index (χ2n) is 5.69. The molecule has 3 nitrogen and oxygen atoms in total. The van der Waals surface area contributed by atoms with Gasteiger partial charge in [0.15, 0.2) is 0 Å². The van der Waals surface area contributed by atoms with Gasteiger partial charge in [-0.25, -0.2) is 0 Å². The number of ether oxygens (including phenoxy) is 1. The normalized spacial score (nSPS) is 11.5. The Morgan fingerprint density at radius 3 is 2.53 bits per heavy atom. The summed E-state index contributed by atoms with van der Waals surface area (Å²) in [4.78, 5) is 4.33. The van der Waals surface area contributed by atoms with Crippen LogP contribution in [0.5, 0.6) is 5.88 Å². The molecular formula is C14H22Cl2N2O. The largest absolute Gasteiger partial charge is 0.477 e. The number of hydrogen-bond acceptors (Lipinski definition) is 3. The van der Waals surface area contributed by atoms with Crippen molar-refractivity contribution in [3.63, 3.8) is 0 Å². The quantitative estimate of drug-likeness (QED) is 0.800. The monoisotopic (exact) mass is 304 g/mol. The fraction of sp³-hybridized carbons (Fsp3) is 0.643. The fourth-order valence-corrected chi connectivity index (χ4v) is 1.85. The van der Waals surface area contributed by atoms with Crippen molar-refractivity contribution >= 4 is 29.0 Å². The molecule has 0 fully saturated rings. The minimum Gasteiger partial charge on any atom is -0.477 e. The van der Waals surface area contributed by atoms with Crippen LogP contribution >= 0.6 is 23.2 Å². The molecule has 5 heteroatoms. The molecule has 0 bridgehead atoms. The zero-order chi connectivity index (χ0) is 14.5. The average Bonchev–Trinajstić information content (AvgIpc) is 2.29. The van der Waals surface area contributed by atoms with E-state index in [1.165, 1.54) is 0 Å². The van der Waals surface area contributed by atoms with E-state index in [9.17, 15) is 0 Å². The lowest BCUT2D eigenvalue weighted by Gasteiger charge is -2.18. The van der Waals surface area contributed by atoms with Crippen molar-refractivity contribution in [3.8, 4) is 5.88 Å². The Morgan fingerprint density at radius 1 is 1.26 bits per heavy atom. The van der Waals surface area contributed by atoms with Crippen LogP contribution in [-0.2, 0) is 0 Å². The van der Waals surface area contributed by atoms with Crippen molar-refractivity contribution in [2.75, 3.05) is 18.5 Å². The first kappa shape index (κ1) is 16.4. The van der Waals surface area contributed by atoms with Gasteiger partial charge in [-0.05, 0) is 24.3 Å². The molecule has 1 aromatic heterocycles. The standard InChI is InChI=1S/C14H22Cl2N2O/c1-5-7-17-12-10(15)9-11(16)13(18-12)19-8-6-14(2,3)4/h9H,5-8H2,1-4H3,(H,17,18). The van der Waals surface area contributed by atoms with E-state index >= 15 is 0 Å². The summed E-state index contributed by atoms with van der Waals surface area (Å²) in [5.74, 6) is 1.06. The van der Waals surface area contributed by atoms with Gasteiger partial charge in [-0.15, -0.1) is 0 Å². The van der Waals surface area contributed by atoms with Gasteiger partial charge in [-0.1, -0.05) is 50.9 Å². The number of pyridine rings is 1. The van der Waals surface area contributed by atoms with Crippen molar-refractivity contribution < 1.29 is 4.74 Å². The maximum atomic E-state index is 6.09. The van der Waals surface area contributed by atoms with Gasteiger partial charge in [0.05, 0.1) is 11.6 Å². The molecule has 0 aliphatic rings. The highest BCUT2D eigenvalue weighted by molar-refractivity contribution is 6.36. The zero-order valence-corrected chi connectivity index (χ0v) is 13.5. The number of rotatable bonds is 6. The maximum Gasteiger partial charge on any atom is 0.234 e. The Morgan fingerprint density at radius 2 is 1.95 bits per heavy atom. The first-order valence-corrected chi connectivity index (χ1v) is 7.32. The Labute approximate surface area is 125 Å². The lowest BCUT2D eigenvalue weighted by Crippen LogP contribution is -2.12. The van der Waals surface area contributed by atoms with Gasteiger partial charge >= 0.3 is 0 Å². The van der Waals surface area contributed by atoms with Gasteiger partial charge in [-0.2, -0.15) is 4.98 Å². The lowest BCUT2D eigenvalue weighted by molar-refractivity contribution is 0.236. The van der Waals surface area contributed by atoms with Gasteiger partial charge in [-0.3, -0.25) is 0 Å².